The van der Waals surface area contributed by atoms with Crippen molar-refractivity contribution in [2.45, 2.75) is 19.4 Å². The lowest BCUT2D eigenvalue weighted by Crippen LogP contribution is -2.18. The number of hydrogen-bond donors (Lipinski definition) is 1. The van der Waals surface area contributed by atoms with Gasteiger partial charge in [0, 0.05) is 15.0 Å². The van der Waals surface area contributed by atoms with E-state index in [0.29, 0.717) is 0 Å². The first-order chi connectivity index (χ1) is 8.65. The molecular weight excluding hydrogens is 361 g/mol. The van der Waals surface area contributed by atoms with Gasteiger partial charge in [-0.2, -0.15) is 0 Å². The Hall–Kier alpha value is -0.520. The summed E-state index contributed by atoms with van der Waals surface area (Å²) in [5, 5.41) is 4.03. The van der Waals surface area contributed by atoms with E-state index in [9.17, 15) is 0 Å². The van der Waals surface area contributed by atoms with E-state index in [0.717, 1.165) is 28.5 Å². The first-order valence-electron chi connectivity index (χ1n) is 5.86. The van der Waals surface area contributed by atoms with Gasteiger partial charge in [0.05, 0.1) is 6.04 Å². The maximum atomic E-state index is 6.08. The van der Waals surface area contributed by atoms with Crippen molar-refractivity contribution < 1.29 is 4.42 Å². The van der Waals surface area contributed by atoms with Gasteiger partial charge in [-0.05, 0) is 65.5 Å². The van der Waals surface area contributed by atoms with Gasteiger partial charge in [-0.15, -0.1) is 0 Å². The van der Waals surface area contributed by atoms with E-state index in [2.05, 4.69) is 34.8 Å². The van der Waals surface area contributed by atoms with Gasteiger partial charge in [0.2, 0.25) is 0 Å². The average Bonchev–Trinajstić information content (AvgIpc) is 2.83. The van der Waals surface area contributed by atoms with Crippen LogP contribution in [0.15, 0.2) is 34.7 Å². The van der Waals surface area contributed by atoms with E-state index in [4.69, 9.17) is 16.0 Å². The third-order valence-electron chi connectivity index (χ3n) is 2.87. The highest BCUT2D eigenvalue weighted by Crippen LogP contribution is 2.29. The molecule has 0 spiro atoms. The van der Waals surface area contributed by atoms with E-state index in [1.165, 1.54) is 3.57 Å². The fourth-order valence-corrected chi connectivity index (χ4v) is 2.75. The van der Waals surface area contributed by atoms with Gasteiger partial charge in [0.1, 0.15) is 11.5 Å². The summed E-state index contributed by atoms with van der Waals surface area (Å²) in [5.41, 5.74) is 1.14. The van der Waals surface area contributed by atoms with Crippen LogP contribution in [-0.2, 0) is 6.42 Å². The van der Waals surface area contributed by atoms with Gasteiger partial charge in [-0.1, -0.05) is 18.5 Å². The SMILES string of the molecule is CCc1ccc(C(NC)c2cc(Cl)ccc2I)o1. The van der Waals surface area contributed by atoms with Crippen molar-refractivity contribution in [2.75, 3.05) is 7.05 Å². The second kappa shape index (κ2) is 6.08. The van der Waals surface area contributed by atoms with Crippen LogP contribution in [0, 0.1) is 3.57 Å². The maximum Gasteiger partial charge on any atom is 0.125 e. The highest BCUT2D eigenvalue weighted by atomic mass is 127. The quantitative estimate of drug-likeness (QED) is 0.801. The fourth-order valence-electron chi connectivity index (χ4n) is 1.93. The smallest absolute Gasteiger partial charge is 0.125 e. The highest BCUT2D eigenvalue weighted by molar-refractivity contribution is 14.1. The monoisotopic (exact) mass is 375 g/mol. The second-order valence-corrected chi connectivity index (χ2v) is 5.64. The van der Waals surface area contributed by atoms with Crippen molar-refractivity contribution in [3.05, 3.63) is 56.0 Å². The largest absolute Gasteiger partial charge is 0.464 e. The Morgan fingerprint density at radius 2 is 2.11 bits per heavy atom. The molecule has 2 rings (SSSR count). The standard InChI is InChI=1S/C14H15ClINO/c1-3-10-5-7-13(18-10)14(17-2)11-8-9(15)4-6-12(11)16/h4-8,14,17H,3H2,1-2H3. The van der Waals surface area contributed by atoms with Crippen molar-refractivity contribution in [1.29, 1.82) is 0 Å². The van der Waals surface area contributed by atoms with Crippen LogP contribution in [0.4, 0.5) is 0 Å². The number of hydrogen-bond acceptors (Lipinski definition) is 2. The van der Waals surface area contributed by atoms with Gasteiger partial charge in [0.15, 0.2) is 0 Å². The van der Waals surface area contributed by atoms with Crippen LogP contribution in [0.25, 0.3) is 0 Å². The minimum absolute atomic E-state index is 0.0379. The first kappa shape index (κ1) is 13.9. The Labute approximate surface area is 126 Å². The number of benzene rings is 1. The Kier molecular flexibility index (Phi) is 4.70. The summed E-state index contributed by atoms with van der Waals surface area (Å²) in [6, 6.07) is 9.99. The van der Waals surface area contributed by atoms with Crippen LogP contribution < -0.4 is 5.32 Å². The Morgan fingerprint density at radius 3 is 2.72 bits per heavy atom. The topological polar surface area (TPSA) is 25.2 Å². The molecule has 1 N–H and O–H groups in total. The zero-order valence-corrected chi connectivity index (χ0v) is 13.2. The van der Waals surface area contributed by atoms with Gasteiger partial charge < -0.3 is 9.73 Å². The highest BCUT2D eigenvalue weighted by Gasteiger charge is 2.18. The Bertz CT molecular complexity index is 538. The van der Waals surface area contributed by atoms with Crippen LogP contribution in [-0.4, -0.2) is 7.05 Å². The van der Waals surface area contributed by atoms with Crippen molar-refractivity contribution >= 4 is 34.2 Å². The summed E-state index contributed by atoms with van der Waals surface area (Å²) in [4.78, 5) is 0. The lowest BCUT2D eigenvalue weighted by atomic mass is 10.1. The molecule has 0 aliphatic carbocycles. The molecule has 0 amide bonds. The van der Waals surface area contributed by atoms with Gasteiger partial charge in [-0.3, -0.25) is 0 Å². The van der Waals surface area contributed by atoms with Crippen LogP contribution in [0.3, 0.4) is 0 Å². The van der Waals surface area contributed by atoms with Crippen molar-refractivity contribution in [3.63, 3.8) is 0 Å². The predicted molar refractivity (Wildman–Crippen MR) is 83.2 cm³/mol. The van der Waals surface area contributed by atoms with Crippen LogP contribution in [0.5, 0.6) is 0 Å². The van der Waals surface area contributed by atoms with Crippen molar-refractivity contribution in [3.8, 4) is 0 Å². The van der Waals surface area contributed by atoms with Crippen LogP contribution >= 0.6 is 34.2 Å². The Balaban J connectivity index is 2.41. The molecule has 0 aliphatic rings. The summed E-state index contributed by atoms with van der Waals surface area (Å²) >= 11 is 8.39. The lowest BCUT2D eigenvalue weighted by molar-refractivity contribution is 0.433. The van der Waals surface area contributed by atoms with E-state index in [1.54, 1.807) is 0 Å². The number of nitrogens with one attached hydrogen (secondary N) is 1. The zero-order chi connectivity index (χ0) is 13.1. The zero-order valence-electron chi connectivity index (χ0n) is 10.3. The molecule has 0 saturated carbocycles. The van der Waals surface area contributed by atoms with Crippen LogP contribution in [0.2, 0.25) is 5.02 Å². The molecule has 1 atom stereocenters. The summed E-state index contributed by atoms with van der Waals surface area (Å²) in [5.74, 6) is 1.93. The molecular formula is C14H15ClINO. The van der Waals surface area contributed by atoms with Crippen molar-refractivity contribution in [1.82, 2.24) is 5.32 Å². The molecule has 0 fully saturated rings. The third kappa shape index (κ3) is 2.90. The predicted octanol–water partition coefficient (Wildman–Crippen LogP) is 4.41. The molecule has 1 aromatic carbocycles. The molecule has 0 aliphatic heterocycles. The molecule has 4 heteroatoms. The lowest BCUT2D eigenvalue weighted by Gasteiger charge is -2.16. The number of rotatable bonds is 4. The minimum atomic E-state index is 0.0379. The number of aryl methyl sites for hydroxylation is 1. The molecule has 0 radical (unpaired) electrons. The fraction of sp³-hybridized carbons (Fsp3) is 0.286. The minimum Gasteiger partial charge on any atom is -0.464 e. The van der Waals surface area contributed by atoms with E-state index in [1.807, 2.05) is 37.4 Å². The maximum absolute atomic E-state index is 6.08. The van der Waals surface area contributed by atoms with Gasteiger partial charge >= 0.3 is 0 Å². The van der Waals surface area contributed by atoms with E-state index < -0.39 is 0 Å². The number of furan rings is 1. The summed E-state index contributed by atoms with van der Waals surface area (Å²) in [6.45, 7) is 2.08. The molecule has 96 valence electrons. The van der Waals surface area contributed by atoms with Gasteiger partial charge in [0.25, 0.3) is 0 Å². The second-order valence-electron chi connectivity index (χ2n) is 4.05. The molecule has 0 saturated heterocycles. The molecule has 2 nitrogen and oxygen atoms in total. The van der Waals surface area contributed by atoms with Crippen molar-refractivity contribution in [2.24, 2.45) is 0 Å². The number of halogens is 2. The molecule has 1 heterocycles. The third-order valence-corrected chi connectivity index (χ3v) is 4.09. The first-order valence-corrected chi connectivity index (χ1v) is 7.32. The summed E-state index contributed by atoms with van der Waals surface area (Å²) in [6.07, 6.45) is 0.906. The van der Waals surface area contributed by atoms with Crippen LogP contribution in [0.1, 0.15) is 30.0 Å². The molecule has 0 bridgehead atoms. The van der Waals surface area contributed by atoms with E-state index >= 15 is 0 Å². The molecule has 2 aromatic rings. The van der Waals surface area contributed by atoms with Gasteiger partial charge in [-0.25, -0.2) is 0 Å². The Morgan fingerprint density at radius 1 is 1.33 bits per heavy atom. The normalized spacial score (nSPS) is 12.7. The van der Waals surface area contributed by atoms with E-state index in [-0.39, 0.29) is 6.04 Å². The summed E-state index contributed by atoms with van der Waals surface area (Å²) in [7, 11) is 1.93. The average molecular weight is 376 g/mol. The molecule has 18 heavy (non-hydrogen) atoms. The summed E-state index contributed by atoms with van der Waals surface area (Å²) < 4.78 is 7.00. The molecule has 1 unspecified atom stereocenters. The molecule has 1 aromatic heterocycles.